The first kappa shape index (κ1) is 12.7. The van der Waals surface area contributed by atoms with Crippen molar-refractivity contribution in [1.82, 2.24) is 10.6 Å². The number of carbonyl (C=O) groups is 1. The lowest BCUT2D eigenvalue weighted by atomic mass is 10.1. The lowest BCUT2D eigenvalue weighted by Crippen LogP contribution is -2.46. The molecule has 0 bridgehead atoms. The molecular weight excluding hydrogens is 214 g/mol. The number of hydrogen-bond donors (Lipinski definition) is 3. The van der Waals surface area contributed by atoms with Gasteiger partial charge in [0.05, 0.1) is 6.04 Å². The Kier molecular flexibility index (Phi) is 3.98. The van der Waals surface area contributed by atoms with Crippen LogP contribution in [-0.2, 0) is 4.79 Å². The third-order valence-electron chi connectivity index (χ3n) is 3.42. The van der Waals surface area contributed by atoms with E-state index in [1.54, 1.807) is 0 Å². The second-order valence-electron chi connectivity index (χ2n) is 4.79. The molecule has 1 amide bonds. The first-order valence-corrected chi connectivity index (χ1v) is 5.38. The highest BCUT2D eigenvalue weighted by molar-refractivity contribution is 5.85. The van der Waals surface area contributed by atoms with Crippen molar-refractivity contribution < 1.29 is 4.79 Å². The van der Waals surface area contributed by atoms with Crippen molar-refractivity contribution in [2.75, 3.05) is 13.1 Å². The summed E-state index contributed by atoms with van der Waals surface area (Å²) in [5.74, 6) is 1.56. The lowest BCUT2D eigenvalue weighted by Gasteiger charge is -2.16. The minimum Gasteiger partial charge on any atom is -0.351 e. The molecule has 1 heterocycles. The van der Waals surface area contributed by atoms with Crippen molar-refractivity contribution in [3.8, 4) is 0 Å². The number of carbonyl (C=O) groups excluding carboxylic acids is 1. The summed E-state index contributed by atoms with van der Waals surface area (Å²) in [6, 6.07) is 0.0397. The Bertz CT molecular complexity index is 237. The quantitative estimate of drug-likeness (QED) is 0.629. The molecule has 2 fully saturated rings. The largest absolute Gasteiger partial charge is 0.351 e. The van der Waals surface area contributed by atoms with Gasteiger partial charge in [0, 0.05) is 19.1 Å². The summed E-state index contributed by atoms with van der Waals surface area (Å²) in [7, 11) is 0. The van der Waals surface area contributed by atoms with E-state index in [0.29, 0.717) is 17.9 Å². The molecule has 88 valence electrons. The average Bonchev–Trinajstić information content (AvgIpc) is 2.63. The number of amides is 1. The van der Waals surface area contributed by atoms with E-state index in [-0.39, 0.29) is 30.3 Å². The summed E-state index contributed by atoms with van der Waals surface area (Å²) in [6.07, 6.45) is 0. The fraction of sp³-hybridized carbons (Fsp3) is 0.900. The molecule has 5 heteroatoms. The van der Waals surface area contributed by atoms with E-state index >= 15 is 0 Å². The van der Waals surface area contributed by atoms with Gasteiger partial charge < -0.3 is 16.4 Å². The van der Waals surface area contributed by atoms with Gasteiger partial charge in [0.2, 0.25) is 5.91 Å². The molecule has 1 saturated carbocycles. The van der Waals surface area contributed by atoms with Crippen molar-refractivity contribution in [2.24, 2.45) is 23.5 Å². The highest BCUT2D eigenvalue weighted by Crippen LogP contribution is 2.41. The molecule has 1 aliphatic heterocycles. The minimum absolute atomic E-state index is 0. The summed E-state index contributed by atoms with van der Waals surface area (Å²) in [4.78, 5) is 11.6. The Hall–Kier alpha value is -0.320. The maximum atomic E-state index is 11.6. The fourth-order valence-electron chi connectivity index (χ4n) is 2.20. The molecule has 15 heavy (non-hydrogen) atoms. The number of nitrogens with one attached hydrogen (secondary N) is 2. The van der Waals surface area contributed by atoms with Gasteiger partial charge in [0.15, 0.2) is 0 Å². The first-order valence-electron chi connectivity index (χ1n) is 5.38. The van der Waals surface area contributed by atoms with Gasteiger partial charge in [-0.3, -0.25) is 4.79 Å². The van der Waals surface area contributed by atoms with Gasteiger partial charge in [-0.25, -0.2) is 0 Å². The van der Waals surface area contributed by atoms with Crippen molar-refractivity contribution >= 4 is 18.3 Å². The van der Waals surface area contributed by atoms with Gasteiger partial charge in [0.25, 0.3) is 0 Å². The number of piperidine rings is 1. The van der Waals surface area contributed by atoms with Crippen molar-refractivity contribution in [1.29, 1.82) is 0 Å². The van der Waals surface area contributed by atoms with Gasteiger partial charge in [-0.05, 0) is 17.8 Å². The van der Waals surface area contributed by atoms with Crippen LogP contribution in [-0.4, -0.2) is 31.1 Å². The van der Waals surface area contributed by atoms with Crippen LogP contribution in [0.25, 0.3) is 0 Å². The van der Waals surface area contributed by atoms with E-state index in [2.05, 4.69) is 10.6 Å². The van der Waals surface area contributed by atoms with Gasteiger partial charge in [-0.1, -0.05) is 13.8 Å². The molecule has 2 rings (SSSR count). The van der Waals surface area contributed by atoms with Crippen molar-refractivity contribution in [3.63, 3.8) is 0 Å². The highest BCUT2D eigenvalue weighted by Gasteiger charge is 2.53. The van der Waals surface area contributed by atoms with E-state index in [1.165, 1.54) is 0 Å². The number of halogens is 1. The first-order chi connectivity index (χ1) is 6.61. The Morgan fingerprint density at radius 3 is 2.40 bits per heavy atom. The van der Waals surface area contributed by atoms with Crippen LogP contribution in [0.3, 0.4) is 0 Å². The van der Waals surface area contributed by atoms with Crippen LogP contribution in [0.2, 0.25) is 0 Å². The molecule has 4 N–H and O–H groups in total. The fourth-order valence-corrected chi connectivity index (χ4v) is 2.20. The second kappa shape index (κ2) is 4.68. The number of rotatable bonds is 3. The molecule has 0 aromatic carbocycles. The number of hydrogen-bond acceptors (Lipinski definition) is 3. The van der Waals surface area contributed by atoms with Gasteiger partial charge in [-0.2, -0.15) is 0 Å². The molecule has 0 spiro atoms. The smallest absolute Gasteiger partial charge is 0.237 e. The second-order valence-corrected chi connectivity index (χ2v) is 4.79. The monoisotopic (exact) mass is 233 g/mol. The normalized spacial score (nSPS) is 34.3. The molecular formula is C10H20ClN3O. The van der Waals surface area contributed by atoms with E-state index < -0.39 is 0 Å². The molecule has 1 saturated heterocycles. The number of fused-ring (bicyclic) bond motifs is 1. The topological polar surface area (TPSA) is 67.2 Å². The predicted molar refractivity (Wildman–Crippen MR) is 61.8 cm³/mol. The number of nitrogens with two attached hydrogens (primary N) is 1. The zero-order chi connectivity index (χ0) is 10.3. The molecule has 0 radical (unpaired) electrons. The molecule has 2 unspecified atom stereocenters. The third-order valence-corrected chi connectivity index (χ3v) is 3.42. The van der Waals surface area contributed by atoms with Crippen LogP contribution in [0.15, 0.2) is 0 Å². The molecule has 0 aromatic rings. The van der Waals surface area contributed by atoms with E-state index in [4.69, 9.17) is 5.73 Å². The minimum atomic E-state index is -0.357. The zero-order valence-corrected chi connectivity index (χ0v) is 10.0. The summed E-state index contributed by atoms with van der Waals surface area (Å²) in [6.45, 7) is 6.04. The van der Waals surface area contributed by atoms with Crippen LogP contribution in [0.5, 0.6) is 0 Å². The summed E-state index contributed by atoms with van der Waals surface area (Å²) in [5.41, 5.74) is 5.76. The molecule has 0 aromatic heterocycles. The Balaban J connectivity index is 0.00000112. The van der Waals surface area contributed by atoms with Crippen molar-refractivity contribution in [3.05, 3.63) is 0 Å². The van der Waals surface area contributed by atoms with Crippen LogP contribution in [0.4, 0.5) is 0 Å². The standard InChI is InChI=1S/C10H19N3O.ClH/c1-5(2)8(11)10(14)13-9-6-3-12-4-7(6)9;/h5-9,12H,3-4,11H2,1-2H3,(H,13,14);1H/t6?,7?,8-,9?;/m1./s1. The van der Waals surface area contributed by atoms with Gasteiger partial charge in [0.1, 0.15) is 0 Å². The SMILES string of the molecule is CC(C)[C@@H](N)C(=O)NC1C2CNCC21.Cl. The van der Waals surface area contributed by atoms with E-state index in [1.807, 2.05) is 13.8 Å². The van der Waals surface area contributed by atoms with E-state index in [0.717, 1.165) is 13.1 Å². The Morgan fingerprint density at radius 1 is 1.40 bits per heavy atom. The molecule has 1 aliphatic carbocycles. The summed E-state index contributed by atoms with van der Waals surface area (Å²) < 4.78 is 0. The maximum absolute atomic E-state index is 11.6. The van der Waals surface area contributed by atoms with E-state index in [9.17, 15) is 4.79 Å². The maximum Gasteiger partial charge on any atom is 0.237 e. The average molecular weight is 234 g/mol. The highest BCUT2D eigenvalue weighted by atomic mass is 35.5. The third kappa shape index (κ3) is 2.44. The summed E-state index contributed by atoms with van der Waals surface area (Å²) >= 11 is 0. The molecule has 3 atom stereocenters. The Labute approximate surface area is 96.8 Å². The van der Waals surface area contributed by atoms with Crippen LogP contribution in [0, 0.1) is 17.8 Å². The van der Waals surface area contributed by atoms with Crippen LogP contribution in [0.1, 0.15) is 13.8 Å². The predicted octanol–water partition coefficient (Wildman–Crippen LogP) is -0.274. The van der Waals surface area contributed by atoms with Crippen molar-refractivity contribution in [2.45, 2.75) is 25.9 Å². The lowest BCUT2D eigenvalue weighted by molar-refractivity contribution is -0.123. The Morgan fingerprint density at radius 2 is 1.93 bits per heavy atom. The van der Waals surface area contributed by atoms with Crippen LogP contribution >= 0.6 is 12.4 Å². The molecule has 2 aliphatic rings. The van der Waals surface area contributed by atoms with Gasteiger partial charge in [-0.15, -0.1) is 12.4 Å². The summed E-state index contributed by atoms with van der Waals surface area (Å²) in [5, 5.41) is 6.33. The molecule has 4 nitrogen and oxygen atoms in total. The van der Waals surface area contributed by atoms with Crippen LogP contribution < -0.4 is 16.4 Å². The van der Waals surface area contributed by atoms with Gasteiger partial charge >= 0.3 is 0 Å². The zero-order valence-electron chi connectivity index (χ0n) is 9.19.